The number of pyridine rings is 1. The highest BCUT2D eigenvalue weighted by molar-refractivity contribution is 7.12. The van der Waals surface area contributed by atoms with Crippen LogP contribution in [0.2, 0.25) is 5.02 Å². The number of aryl methyl sites for hydroxylation is 1. The van der Waals surface area contributed by atoms with Gasteiger partial charge in [0.05, 0.1) is 16.8 Å². The molecule has 2 aromatic rings. The van der Waals surface area contributed by atoms with Crippen molar-refractivity contribution in [2.45, 2.75) is 13.0 Å². The molecule has 0 saturated carbocycles. The molecule has 2 N–H and O–H groups in total. The third-order valence-electron chi connectivity index (χ3n) is 2.14. The van der Waals surface area contributed by atoms with Crippen molar-refractivity contribution in [1.29, 1.82) is 0 Å². The van der Waals surface area contributed by atoms with E-state index in [0.29, 0.717) is 5.02 Å². The molecule has 0 saturated heterocycles. The Morgan fingerprint density at radius 1 is 1.33 bits per heavy atom. The van der Waals surface area contributed by atoms with Crippen LogP contribution in [-0.2, 0) is 0 Å². The zero-order valence-corrected chi connectivity index (χ0v) is 9.85. The molecule has 0 aliphatic carbocycles. The van der Waals surface area contributed by atoms with E-state index in [-0.39, 0.29) is 6.04 Å². The Morgan fingerprint density at radius 2 is 2.13 bits per heavy atom. The molecule has 2 rings (SSSR count). The molecule has 4 heteroatoms. The van der Waals surface area contributed by atoms with Gasteiger partial charge in [0.15, 0.2) is 0 Å². The van der Waals surface area contributed by atoms with Gasteiger partial charge < -0.3 is 5.73 Å². The molecule has 1 unspecified atom stereocenters. The first kappa shape index (κ1) is 10.6. The lowest BCUT2D eigenvalue weighted by Gasteiger charge is -2.08. The summed E-state index contributed by atoms with van der Waals surface area (Å²) in [6, 6.07) is 7.63. The highest BCUT2D eigenvalue weighted by atomic mass is 35.5. The van der Waals surface area contributed by atoms with Gasteiger partial charge in [-0.1, -0.05) is 11.6 Å². The molecule has 0 bridgehead atoms. The molecule has 2 heterocycles. The van der Waals surface area contributed by atoms with E-state index >= 15 is 0 Å². The van der Waals surface area contributed by atoms with Gasteiger partial charge >= 0.3 is 0 Å². The van der Waals surface area contributed by atoms with Crippen LogP contribution in [-0.4, -0.2) is 4.98 Å². The third kappa shape index (κ3) is 2.37. The largest absolute Gasteiger partial charge is 0.318 e. The Kier molecular flexibility index (Phi) is 3.05. The van der Waals surface area contributed by atoms with Crippen LogP contribution in [0.1, 0.15) is 21.5 Å². The maximum atomic E-state index is 6.08. The maximum absolute atomic E-state index is 6.08. The van der Waals surface area contributed by atoms with E-state index in [4.69, 9.17) is 17.3 Å². The van der Waals surface area contributed by atoms with E-state index in [1.807, 2.05) is 18.2 Å². The van der Waals surface area contributed by atoms with Crippen molar-refractivity contribution in [2.75, 3.05) is 0 Å². The topological polar surface area (TPSA) is 38.9 Å². The SMILES string of the molecule is Cc1ccc(C(N)c2ccc(Cl)cn2)s1. The van der Waals surface area contributed by atoms with E-state index in [9.17, 15) is 0 Å². The fraction of sp³-hybridized carbons (Fsp3) is 0.182. The molecule has 0 fully saturated rings. The smallest absolute Gasteiger partial charge is 0.0820 e. The van der Waals surface area contributed by atoms with Crippen LogP contribution in [0.4, 0.5) is 0 Å². The van der Waals surface area contributed by atoms with Crippen LogP contribution in [0.25, 0.3) is 0 Å². The van der Waals surface area contributed by atoms with Gasteiger partial charge in [-0.3, -0.25) is 4.98 Å². The summed E-state index contributed by atoms with van der Waals surface area (Å²) in [4.78, 5) is 6.60. The molecule has 0 spiro atoms. The van der Waals surface area contributed by atoms with Gasteiger partial charge in [0, 0.05) is 16.0 Å². The van der Waals surface area contributed by atoms with Crippen molar-refractivity contribution in [3.63, 3.8) is 0 Å². The Hall–Kier alpha value is -0.900. The highest BCUT2D eigenvalue weighted by Gasteiger charge is 2.11. The lowest BCUT2D eigenvalue weighted by atomic mass is 10.1. The molecule has 1 atom stereocenters. The van der Waals surface area contributed by atoms with E-state index in [1.54, 1.807) is 17.5 Å². The first-order valence-electron chi connectivity index (χ1n) is 4.60. The van der Waals surface area contributed by atoms with E-state index in [1.165, 1.54) is 4.88 Å². The van der Waals surface area contributed by atoms with Crippen molar-refractivity contribution in [3.05, 3.63) is 50.9 Å². The van der Waals surface area contributed by atoms with Crippen molar-refractivity contribution in [2.24, 2.45) is 5.73 Å². The molecule has 2 aromatic heterocycles. The predicted octanol–water partition coefficient (Wildman–Crippen LogP) is 3.15. The van der Waals surface area contributed by atoms with E-state index in [2.05, 4.69) is 18.0 Å². The molecule has 0 aliphatic heterocycles. The minimum absolute atomic E-state index is 0.152. The zero-order valence-electron chi connectivity index (χ0n) is 8.27. The molecular formula is C11H11ClN2S. The van der Waals surface area contributed by atoms with Crippen molar-refractivity contribution in [3.8, 4) is 0 Å². The lowest BCUT2D eigenvalue weighted by molar-refractivity contribution is 0.847. The van der Waals surface area contributed by atoms with Gasteiger partial charge in [0.2, 0.25) is 0 Å². The second kappa shape index (κ2) is 4.31. The number of hydrogen-bond acceptors (Lipinski definition) is 3. The van der Waals surface area contributed by atoms with Gasteiger partial charge in [0.25, 0.3) is 0 Å². The summed E-state index contributed by atoms with van der Waals surface area (Å²) < 4.78 is 0. The molecule has 78 valence electrons. The normalized spacial score (nSPS) is 12.7. The van der Waals surface area contributed by atoms with Crippen molar-refractivity contribution in [1.82, 2.24) is 4.98 Å². The summed E-state index contributed by atoms with van der Waals surface area (Å²) in [5.74, 6) is 0. The highest BCUT2D eigenvalue weighted by Crippen LogP contribution is 2.25. The molecular weight excluding hydrogens is 228 g/mol. The summed E-state index contributed by atoms with van der Waals surface area (Å²) in [5.41, 5.74) is 6.93. The average Bonchev–Trinajstić information content (AvgIpc) is 2.65. The number of hydrogen-bond donors (Lipinski definition) is 1. The monoisotopic (exact) mass is 238 g/mol. The van der Waals surface area contributed by atoms with Crippen LogP contribution >= 0.6 is 22.9 Å². The van der Waals surface area contributed by atoms with Gasteiger partial charge in [-0.15, -0.1) is 11.3 Å². The average molecular weight is 239 g/mol. The Balaban J connectivity index is 2.28. The number of rotatable bonds is 2. The molecule has 0 amide bonds. The van der Waals surface area contributed by atoms with Crippen LogP contribution in [0.5, 0.6) is 0 Å². The Bertz CT molecular complexity index is 450. The number of nitrogens with two attached hydrogens (primary N) is 1. The second-order valence-corrected chi connectivity index (χ2v) is 5.08. The second-order valence-electron chi connectivity index (χ2n) is 3.33. The van der Waals surface area contributed by atoms with Gasteiger partial charge in [-0.05, 0) is 31.2 Å². The summed E-state index contributed by atoms with van der Waals surface area (Å²) in [6.07, 6.45) is 1.62. The van der Waals surface area contributed by atoms with Crippen LogP contribution in [0, 0.1) is 6.92 Å². The summed E-state index contributed by atoms with van der Waals surface area (Å²) in [7, 11) is 0. The van der Waals surface area contributed by atoms with Crippen LogP contribution < -0.4 is 5.73 Å². The molecule has 15 heavy (non-hydrogen) atoms. The molecule has 0 aliphatic rings. The van der Waals surface area contributed by atoms with Gasteiger partial charge in [0.1, 0.15) is 0 Å². The van der Waals surface area contributed by atoms with E-state index < -0.39 is 0 Å². The Morgan fingerprint density at radius 3 is 2.67 bits per heavy atom. The third-order valence-corrected chi connectivity index (χ3v) is 3.44. The standard InChI is InChI=1S/C11H11ClN2S/c1-7-2-5-10(15-7)11(13)9-4-3-8(12)6-14-9/h2-6,11H,13H2,1H3. The first-order valence-corrected chi connectivity index (χ1v) is 5.79. The number of aromatic nitrogens is 1. The van der Waals surface area contributed by atoms with Crippen molar-refractivity contribution < 1.29 is 0 Å². The first-order chi connectivity index (χ1) is 7.16. The zero-order chi connectivity index (χ0) is 10.8. The number of thiophene rings is 1. The predicted molar refractivity (Wildman–Crippen MR) is 64.3 cm³/mol. The lowest BCUT2D eigenvalue weighted by Crippen LogP contribution is -2.11. The van der Waals surface area contributed by atoms with Gasteiger partial charge in [-0.25, -0.2) is 0 Å². The Labute approximate surface area is 97.7 Å². The molecule has 0 aromatic carbocycles. The maximum Gasteiger partial charge on any atom is 0.0820 e. The van der Waals surface area contributed by atoms with Crippen molar-refractivity contribution >= 4 is 22.9 Å². The minimum atomic E-state index is -0.152. The summed E-state index contributed by atoms with van der Waals surface area (Å²) in [5, 5.41) is 0.633. The minimum Gasteiger partial charge on any atom is -0.318 e. The van der Waals surface area contributed by atoms with Crippen LogP contribution in [0.15, 0.2) is 30.5 Å². The summed E-state index contributed by atoms with van der Waals surface area (Å²) in [6.45, 7) is 2.07. The number of halogens is 1. The molecule has 2 nitrogen and oxygen atoms in total. The quantitative estimate of drug-likeness (QED) is 0.873. The van der Waals surface area contributed by atoms with E-state index in [0.717, 1.165) is 10.6 Å². The fourth-order valence-corrected chi connectivity index (χ4v) is 2.34. The fourth-order valence-electron chi connectivity index (χ4n) is 1.34. The van der Waals surface area contributed by atoms with Crippen LogP contribution in [0.3, 0.4) is 0 Å². The molecule has 0 radical (unpaired) electrons. The van der Waals surface area contributed by atoms with Gasteiger partial charge in [-0.2, -0.15) is 0 Å². The number of nitrogens with zero attached hydrogens (tertiary/aromatic N) is 1. The summed E-state index contributed by atoms with van der Waals surface area (Å²) >= 11 is 7.46.